The maximum atomic E-state index is 14.0. The summed E-state index contributed by atoms with van der Waals surface area (Å²) >= 11 is 3.48. The highest BCUT2D eigenvalue weighted by Gasteiger charge is 2.74. The average Bonchev–Trinajstić information content (AvgIpc) is 3.52. The topological polar surface area (TPSA) is 122 Å². The van der Waals surface area contributed by atoms with Crippen LogP contribution >= 0.6 is 15.9 Å². The molecule has 0 radical (unpaired) electrons. The summed E-state index contributed by atoms with van der Waals surface area (Å²) in [4.78, 5) is 55.3. The van der Waals surface area contributed by atoms with E-state index in [0.717, 1.165) is 15.8 Å². The number of hydrogen-bond acceptors (Lipinski definition) is 7. The molecule has 1 N–H and O–H groups in total. The third-order valence-corrected chi connectivity index (χ3v) is 8.06. The molecule has 11 heteroatoms. The molecule has 4 aliphatic heterocycles. The van der Waals surface area contributed by atoms with E-state index < -0.39 is 34.1 Å². The number of hydrogen-bond donors (Lipinski definition) is 1. The normalized spacial score (nSPS) is 29.4. The predicted octanol–water partition coefficient (Wildman–Crippen LogP) is 2.80. The monoisotopic (exact) mass is 526 g/mol. The van der Waals surface area contributed by atoms with E-state index in [1.807, 2.05) is 17.0 Å². The average molecular weight is 527 g/mol. The number of carbonyl (C=O) groups excluding carboxylic acids is 3. The van der Waals surface area contributed by atoms with Gasteiger partial charge in [0.05, 0.1) is 23.9 Å². The number of halogens is 1. The van der Waals surface area contributed by atoms with Crippen molar-refractivity contribution in [1.29, 1.82) is 0 Å². The number of methoxy groups -OCH3 is 1. The van der Waals surface area contributed by atoms with E-state index in [1.54, 1.807) is 6.07 Å². The minimum absolute atomic E-state index is 0.0219. The molecule has 4 aliphatic rings. The number of nitro groups is 1. The van der Waals surface area contributed by atoms with Crippen LogP contribution in [0.3, 0.4) is 0 Å². The van der Waals surface area contributed by atoms with Gasteiger partial charge in [0.2, 0.25) is 17.7 Å². The molecule has 1 spiro atoms. The highest BCUT2D eigenvalue weighted by Crippen LogP contribution is 2.61. The second kappa shape index (κ2) is 7.09. The van der Waals surface area contributed by atoms with Gasteiger partial charge in [-0.25, -0.2) is 4.90 Å². The molecular weight excluding hydrogens is 508 g/mol. The van der Waals surface area contributed by atoms with Crippen molar-refractivity contribution in [3.05, 3.63) is 56.5 Å². The van der Waals surface area contributed by atoms with Gasteiger partial charge in [-0.3, -0.25) is 29.4 Å². The lowest BCUT2D eigenvalue weighted by molar-refractivity contribution is -0.384. The van der Waals surface area contributed by atoms with Crippen molar-refractivity contribution in [1.82, 2.24) is 4.90 Å². The molecule has 0 saturated carbocycles. The fourth-order valence-electron chi connectivity index (χ4n) is 6.38. The molecule has 4 heterocycles. The maximum absolute atomic E-state index is 14.0. The van der Waals surface area contributed by atoms with E-state index in [9.17, 15) is 24.5 Å². The van der Waals surface area contributed by atoms with Crippen LogP contribution in [0.15, 0.2) is 40.9 Å². The molecule has 10 nitrogen and oxygen atoms in total. The Morgan fingerprint density at radius 3 is 2.71 bits per heavy atom. The fraction of sp³-hybridized carbons (Fsp3) is 0.348. The minimum Gasteiger partial charge on any atom is -0.495 e. The molecule has 0 bridgehead atoms. The van der Waals surface area contributed by atoms with Gasteiger partial charge < -0.3 is 10.1 Å². The first kappa shape index (κ1) is 21.2. The zero-order valence-corrected chi connectivity index (χ0v) is 19.6. The van der Waals surface area contributed by atoms with Crippen LogP contribution in [0.4, 0.5) is 17.1 Å². The van der Waals surface area contributed by atoms with E-state index in [0.29, 0.717) is 24.2 Å². The second-order valence-corrected chi connectivity index (χ2v) is 9.86. The van der Waals surface area contributed by atoms with Crippen LogP contribution in [0, 0.1) is 22.0 Å². The summed E-state index contributed by atoms with van der Waals surface area (Å²) < 4.78 is 6.10. The predicted molar refractivity (Wildman–Crippen MR) is 123 cm³/mol. The van der Waals surface area contributed by atoms with E-state index in [1.165, 1.54) is 25.3 Å². The number of imide groups is 1. The standard InChI is InChI=1S/C23H19BrN4O6/c1-34-17-7-5-12(28(32)33)10-16(17)27-20(29)18-15-3-2-8-26(15)23(19(18)21(27)30)13-9-11(24)4-6-14(13)25-22(23)31/h4-7,9-10,15,18-19H,2-3,8H2,1H3,(H,25,31)/t15-,18+,19-,23+/m0/s1. The number of nitro benzene ring substituents is 1. The van der Waals surface area contributed by atoms with Crippen molar-refractivity contribution in [2.45, 2.75) is 24.4 Å². The SMILES string of the molecule is COc1ccc([N+](=O)[O-])cc1N1C(=O)[C@H]2[C@@H](C1=O)[C@]1(C(=O)Nc3ccc(Br)cc31)N1CCC[C@@H]21. The summed E-state index contributed by atoms with van der Waals surface area (Å²) in [6.07, 6.45) is 1.48. The summed E-state index contributed by atoms with van der Waals surface area (Å²) in [7, 11) is 1.37. The van der Waals surface area contributed by atoms with Gasteiger partial charge in [0, 0.05) is 33.9 Å². The van der Waals surface area contributed by atoms with Gasteiger partial charge in [-0.15, -0.1) is 0 Å². The molecule has 3 fully saturated rings. The van der Waals surface area contributed by atoms with Gasteiger partial charge in [-0.2, -0.15) is 0 Å². The van der Waals surface area contributed by atoms with Crippen molar-refractivity contribution in [3.63, 3.8) is 0 Å². The molecule has 34 heavy (non-hydrogen) atoms. The smallest absolute Gasteiger partial charge is 0.271 e. The molecule has 2 aromatic carbocycles. The summed E-state index contributed by atoms with van der Waals surface area (Å²) in [5.41, 5.74) is -0.279. The lowest BCUT2D eigenvalue weighted by atomic mass is 9.75. The van der Waals surface area contributed by atoms with Crippen LogP contribution in [0.2, 0.25) is 0 Å². The third-order valence-electron chi connectivity index (χ3n) is 7.57. The summed E-state index contributed by atoms with van der Waals surface area (Å²) in [5, 5.41) is 14.3. The number of fused-ring (bicyclic) bond motifs is 7. The Morgan fingerprint density at radius 1 is 1.18 bits per heavy atom. The number of carbonyl (C=O) groups is 3. The van der Waals surface area contributed by atoms with Gasteiger partial charge in [0.25, 0.3) is 5.69 Å². The quantitative estimate of drug-likeness (QED) is 0.370. The number of anilines is 2. The third kappa shape index (κ3) is 2.45. The molecular formula is C23H19BrN4O6. The van der Waals surface area contributed by atoms with Crippen LogP contribution in [0.25, 0.3) is 0 Å². The number of nitrogens with zero attached hydrogens (tertiary/aromatic N) is 3. The first-order valence-electron chi connectivity index (χ1n) is 10.9. The molecule has 0 aromatic heterocycles. The van der Waals surface area contributed by atoms with Gasteiger partial charge in [-0.05, 0) is 43.7 Å². The van der Waals surface area contributed by atoms with Crippen LogP contribution in [-0.2, 0) is 19.9 Å². The largest absolute Gasteiger partial charge is 0.495 e. The fourth-order valence-corrected chi connectivity index (χ4v) is 6.74. The van der Waals surface area contributed by atoms with Crippen molar-refractivity contribution in [2.24, 2.45) is 11.8 Å². The van der Waals surface area contributed by atoms with Crippen molar-refractivity contribution in [2.75, 3.05) is 23.9 Å². The summed E-state index contributed by atoms with van der Waals surface area (Å²) in [5.74, 6) is -2.86. The van der Waals surface area contributed by atoms with E-state index in [4.69, 9.17) is 4.74 Å². The zero-order chi connectivity index (χ0) is 23.9. The number of ether oxygens (including phenoxy) is 1. The Morgan fingerprint density at radius 2 is 1.97 bits per heavy atom. The van der Waals surface area contributed by atoms with Gasteiger partial charge in [0.15, 0.2) is 0 Å². The van der Waals surface area contributed by atoms with Gasteiger partial charge in [-0.1, -0.05) is 15.9 Å². The zero-order valence-electron chi connectivity index (χ0n) is 18.0. The van der Waals surface area contributed by atoms with Crippen molar-refractivity contribution < 1.29 is 24.0 Å². The molecule has 4 atom stereocenters. The minimum atomic E-state index is -1.32. The Hall–Kier alpha value is -3.31. The second-order valence-electron chi connectivity index (χ2n) is 8.94. The van der Waals surface area contributed by atoms with Crippen molar-refractivity contribution >= 4 is 50.7 Å². The number of non-ortho nitro benzene ring substituents is 1. The molecule has 6 rings (SSSR count). The molecule has 0 aliphatic carbocycles. The van der Waals surface area contributed by atoms with E-state index >= 15 is 0 Å². The molecule has 174 valence electrons. The number of rotatable bonds is 3. The summed E-state index contributed by atoms with van der Waals surface area (Å²) in [6.45, 7) is 0.595. The number of nitrogens with one attached hydrogen (secondary N) is 1. The van der Waals surface area contributed by atoms with Crippen molar-refractivity contribution in [3.8, 4) is 5.75 Å². The molecule has 3 amide bonds. The lowest BCUT2D eigenvalue weighted by Crippen LogP contribution is -2.54. The maximum Gasteiger partial charge on any atom is 0.271 e. The van der Waals surface area contributed by atoms with E-state index in [2.05, 4.69) is 21.2 Å². The Labute approximate surface area is 202 Å². The first-order chi connectivity index (χ1) is 16.3. The molecule has 3 saturated heterocycles. The first-order valence-corrected chi connectivity index (χ1v) is 11.7. The Kier molecular flexibility index (Phi) is 4.43. The van der Waals surface area contributed by atoms with Crippen LogP contribution in [-0.4, -0.2) is 47.2 Å². The van der Waals surface area contributed by atoms with E-state index in [-0.39, 0.29) is 29.1 Å². The highest BCUT2D eigenvalue weighted by atomic mass is 79.9. The molecule has 2 aromatic rings. The lowest BCUT2D eigenvalue weighted by Gasteiger charge is -2.36. The Bertz CT molecular complexity index is 1310. The van der Waals surface area contributed by atoms with Gasteiger partial charge >= 0.3 is 0 Å². The number of benzene rings is 2. The Balaban J connectivity index is 1.56. The van der Waals surface area contributed by atoms with Crippen LogP contribution < -0.4 is 15.0 Å². The van der Waals surface area contributed by atoms with Gasteiger partial charge in [0.1, 0.15) is 17.0 Å². The van der Waals surface area contributed by atoms with Crippen LogP contribution in [0.5, 0.6) is 5.75 Å². The highest BCUT2D eigenvalue weighted by molar-refractivity contribution is 9.10. The van der Waals surface area contributed by atoms with Crippen LogP contribution in [0.1, 0.15) is 18.4 Å². The number of amides is 3. The summed E-state index contributed by atoms with van der Waals surface area (Å²) in [6, 6.07) is 8.95. The molecule has 0 unspecified atom stereocenters.